The molecular weight excluding hydrogens is 478 g/mol. The van der Waals surface area contributed by atoms with Gasteiger partial charge in [-0.1, -0.05) is 57.5 Å². The van der Waals surface area contributed by atoms with E-state index in [2.05, 4.69) is 87.0 Å². The molecule has 0 fully saturated rings. The standard InChI is InChI=1S/C16H15Br2NS.BrH/c1-10(2)9-19-13-5-3-11(17)7-15(13)20-16-8-12(18)4-6-14(16)19;/h3-8,10H,9H2,1-2H3;1H. The molecule has 0 spiro atoms. The summed E-state index contributed by atoms with van der Waals surface area (Å²) in [6.07, 6.45) is 0. The SMILES string of the molecule is Br.CC(C)CN1c2ccc(Br)cc2Sc2cc(Br)ccc21. The van der Waals surface area contributed by atoms with Crippen LogP contribution in [0.4, 0.5) is 11.4 Å². The zero-order valence-corrected chi connectivity index (χ0v) is 17.5. The van der Waals surface area contributed by atoms with Crippen LogP contribution in [0.3, 0.4) is 0 Å². The fourth-order valence-corrected chi connectivity index (χ4v) is 4.60. The van der Waals surface area contributed by atoms with Gasteiger partial charge in [0.15, 0.2) is 0 Å². The van der Waals surface area contributed by atoms with E-state index in [-0.39, 0.29) is 17.0 Å². The van der Waals surface area contributed by atoms with E-state index < -0.39 is 0 Å². The number of hydrogen-bond acceptors (Lipinski definition) is 2. The first kappa shape index (κ1) is 17.4. The van der Waals surface area contributed by atoms with Gasteiger partial charge in [0.05, 0.1) is 11.4 Å². The van der Waals surface area contributed by atoms with Gasteiger partial charge in [-0.15, -0.1) is 17.0 Å². The van der Waals surface area contributed by atoms with Crippen molar-refractivity contribution in [2.75, 3.05) is 11.4 Å². The second-order valence-corrected chi connectivity index (χ2v) is 8.25. The van der Waals surface area contributed by atoms with Gasteiger partial charge in [-0.25, -0.2) is 0 Å². The van der Waals surface area contributed by atoms with Crippen LogP contribution in [0.5, 0.6) is 0 Å². The summed E-state index contributed by atoms with van der Waals surface area (Å²) >= 11 is 8.99. The number of halogens is 3. The van der Waals surface area contributed by atoms with E-state index >= 15 is 0 Å². The van der Waals surface area contributed by atoms with Crippen LogP contribution in [-0.2, 0) is 0 Å². The average molecular weight is 494 g/mol. The number of hydrogen-bond donors (Lipinski definition) is 0. The van der Waals surface area contributed by atoms with Crippen LogP contribution in [0.15, 0.2) is 55.1 Å². The Kier molecular flexibility index (Phi) is 5.85. The van der Waals surface area contributed by atoms with E-state index in [4.69, 9.17) is 0 Å². The van der Waals surface area contributed by atoms with E-state index in [0.29, 0.717) is 5.92 Å². The molecule has 1 aliphatic rings. The lowest BCUT2D eigenvalue weighted by atomic mass is 10.1. The Bertz CT molecular complexity index is 606. The zero-order chi connectivity index (χ0) is 14.3. The maximum absolute atomic E-state index is 3.57. The van der Waals surface area contributed by atoms with Crippen molar-refractivity contribution in [3.63, 3.8) is 0 Å². The van der Waals surface area contributed by atoms with Crippen LogP contribution in [0.2, 0.25) is 0 Å². The summed E-state index contributed by atoms with van der Waals surface area (Å²) in [7, 11) is 0. The minimum atomic E-state index is 0. The highest BCUT2D eigenvalue weighted by atomic mass is 79.9. The van der Waals surface area contributed by atoms with Crippen molar-refractivity contribution >= 4 is 72.0 Å². The van der Waals surface area contributed by atoms with Crippen molar-refractivity contribution in [1.82, 2.24) is 0 Å². The summed E-state index contributed by atoms with van der Waals surface area (Å²) in [6, 6.07) is 13.1. The lowest BCUT2D eigenvalue weighted by Gasteiger charge is -2.34. The Morgan fingerprint density at radius 2 is 1.43 bits per heavy atom. The fraction of sp³-hybridized carbons (Fsp3) is 0.250. The Balaban J connectivity index is 0.00000161. The van der Waals surface area contributed by atoms with Gasteiger partial charge in [0.1, 0.15) is 0 Å². The zero-order valence-electron chi connectivity index (χ0n) is 11.8. The smallest absolute Gasteiger partial charge is 0.0553 e. The molecule has 2 aromatic carbocycles. The molecule has 0 N–H and O–H groups in total. The van der Waals surface area contributed by atoms with E-state index in [1.165, 1.54) is 21.2 Å². The molecule has 0 amide bonds. The minimum Gasteiger partial charge on any atom is -0.339 e. The number of nitrogens with zero attached hydrogens (tertiary/aromatic N) is 1. The molecule has 21 heavy (non-hydrogen) atoms. The predicted molar refractivity (Wildman–Crippen MR) is 105 cm³/mol. The average Bonchev–Trinajstić information content (AvgIpc) is 2.37. The highest BCUT2D eigenvalue weighted by Gasteiger charge is 2.24. The van der Waals surface area contributed by atoms with Crippen molar-refractivity contribution in [3.05, 3.63) is 45.3 Å². The maximum Gasteiger partial charge on any atom is 0.0553 e. The summed E-state index contributed by atoms with van der Waals surface area (Å²) in [5.41, 5.74) is 2.61. The molecule has 3 rings (SSSR count). The van der Waals surface area contributed by atoms with Crippen LogP contribution in [-0.4, -0.2) is 6.54 Å². The Morgan fingerprint density at radius 1 is 0.952 bits per heavy atom. The molecule has 1 nitrogen and oxygen atoms in total. The van der Waals surface area contributed by atoms with E-state index in [0.717, 1.165) is 15.5 Å². The van der Waals surface area contributed by atoms with Gasteiger partial charge >= 0.3 is 0 Å². The Labute approximate surface area is 157 Å². The molecule has 0 radical (unpaired) electrons. The highest BCUT2D eigenvalue weighted by molar-refractivity contribution is 9.10. The molecule has 2 aromatic rings. The number of fused-ring (bicyclic) bond motifs is 2. The third-order valence-corrected chi connectivity index (χ3v) is 5.27. The first-order valence-electron chi connectivity index (χ1n) is 6.59. The number of rotatable bonds is 2. The molecule has 0 aliphatic carbocycles. The maximum atomic E-state index is 3.57. The van der Waals surface area contributed by atoms with Gasteiger partial charge in [-0.05, 0) is 42.3 Å². The van der Waals surface area contributed by atoms with Gasteiger partial charge in [-0.2, -0.15) is 0 Å². The first-order valence-corrected chi connectivity index (χ1v) is 8.99. The third kappa shape index (κ3) is 3.69. The second-order valence-electron chi connectivity index (χ2n) is 5.33. The van der Waals surface area contributed by atoms with Crippen molar-refractivity contribution in [3.8, 4) is 0 Å². The molecule has 0 bridgehead atoms. The fourth-order valence-electron chi connectivity index (χ4n) is 2.40. The summed E-state index contributed by atoms with van der Waals surface area (Å²) in [5, 5.41) is 0. The highest BCUT2D eigenvalue weighted by Crippen LogP contribution is 2.49. The normalized spacial score (nSPS) is 12.7. The van der Waals surface area contributed by atoms with Crippen LogP contribution in [0, 0.1) is 5.92 Å². The summed E-state index contributed by atoms with van der Waals surface area (Å²) < 4.78 is 2.26. The van der Waals surface area contributed by atoms with Crippen LogP contribution in [0.25, 0.3) is 0 Å². The van der Waals surface area contributed by atoms with Crippen LogP contribution < -0.4 is 4.90 Å². The molecule has 0 saturated heterocycles. The van der Waals surface area contributed by atoms with Crippen LogP contribution >= 0.6 is 60.6 Å². The number of benzene rings is 2. The van der Waals surface area contributed by atoms with Gasteiger partial charge in [0, 0.05) is 25.3 Å². The van der Waals surface area contributed by atoms with Crippen molar-refractivity contribution < 1.29 is 0 Å². The molecule has 112 valence electrons. The van der Waals surface area contributed by atoms with Gasteiger partial charge in [0.25, 0.3) is 0 Å². The molecule has 0 atom stereocenters. The molecule has 5 heteroatoms. The largest absolute Gasteiger partial charge is 0.339 e. The minimum absolute atomic E-state index is 0. The third-order valence-electron chi connectivity index (χ3n) is 3.19. The second kappa shape index (κ2) is 7.07. The quantitative estimate of drug-likeness (QED) is 0.441. The molecule has 1 heterocycles. The molecule has 1 aliphatic heterocycles. The summed E-state index contributed by atoms with van der Waals surface area (Å²) in [6.45, 7) is 5.56. The topological polar surface area (TPSA) is 3.24 Å². The lowest BCUT2D eigenvalue weighted by molar-refractivity contribution is 0.647. The molecule has 0 aromatic heterocycles. The number of anilines is 2. The van der Waals surface area contributed by atoms with E-state index in [9.17, 15) is 0 Å². The Morgan fingerprint density at radius 3 is 1.86 bits per heavy atom. The molecular formula is C16H16Br3NS. The monoisotopic (exact) mass is 491 g/mol. The van der Waals surface area contributed by atoms with Gasteiger partial charge < -0.3 is 4.90 Å². The molecule has 0 unspecified atom stereocenters. The van der Waals surface area contributed by atoms with Crippen molar-refractivity contribution in [2.24, 2.45) is 5.92 Å². The Hall–Kier alpha value is 0.0300. The van der Waals surface area contributed by atoms with Crippen molar-refractivity contribution in [1.29, 1.82) is 0 Å². The molecule has 0 saturated carbocycles. The lowest BCUT2D eigenvalue weighted by Crippen LogP contribution is -2.25. The summed E-state index contributed by atoms with van der Waals surface area (Å²) in [5.74, 6) is 0.617. The van der Waals surface area contributed by atoms with E-state index in [1.54, 1.807) is 0 Å². The van der Waals surface area contributed by atoms with E-state index in [1.807, 2.05) is 11.8 Å². The predicted octanol–water partition coefficient (Wildman–Crippen LogP) is 7.05. The first-order chi connectivity index (χ1) is 9.54. The van der Waals surface area contributed by atoms with Gasteiger partial charge in [-0.3, -0.25) is 0 Å². The summed E-state index contributed by atoms with van der Waals surface area (Å²) in [4.78, 5) is 5.06. The van der Waals surface area contributed by atoms with Crippen LogP contribution in [0.1, 0.15) is 13.8 Å². The van der Waals surface area contributed by atoms with Gasteiger partial charge in [0.2, 0.25) is 0 Å². The van der Waals surface area contributed by atoms with Crippen molar-refractivity contribution in [2.45, 2.75) is 23.6 Å².